The quantitative estimate of drug-likeness (QED) is 0.679. The smallest absolute Gasteiger partial charge is 0.111 e. The van der Waals surface area contributed by atoms with Crippen LogP contribution in [-0.4, -0.2) is 9.63 Å². The maximum atomic E-state index is 6.58. The molecular formula is C22H22N2O. The van der Waals surface area contributed by atoms with Gasteiger partial charge in [-0.15, -0.1) is 0 Å². The lowest BCUT2D eigenvalue weighted by Crippen LogP contribution is -2.26. The Kier molecular flexibility index (Phi) is 3.51. The summed E-state index contributed by atoms with van der Waals surface area (Å²) in [6.07, 6.45) is 2.30. The fraction of sp³-hybridized carbons (Fsp3) is 0.273. The minimum Gasteiger partial charge on any atom is -0.349 e. The summed E-state index contributed by atoms with van der Waals surface area (Å²) in [6, 6.07) is 26.2. The van der Waals surface area contributed by atoms with Crippen molar-refractivity contribution in [2.24, 2.45) is 5.92 Å². The maximum Gasteiger partial charge on any atom is 0.111 e. The first-order valence-corrected chi connectivity index (χ1v) is 9.03. The lowest BCUT2D eigenvalue weighted by molar-refractivity contribution is -0.192. The van der Waals surface area contributed by atoms with Gasteiger partial charge < -0.3 is 4.57 Å². The van der Waals surface area contributed by atoms with Crippen LogP contribution in [0.25, 0.3) is 0 Å². The zero-order valence-corrected chi connectivity index (χ0v) is 14.3. The molecule has 0 bridgehead atoms. The number of nitrogens with zero attached hydrogens (tertiary/aromatic N) is 2. The van der Waals surface area contributed by atoms with Gasteiger partial charge in [0.15, 0.2) is 0 Å². The summed E-state index contributed by atoms with van der Waals surface area (Å²) in [4.78, 5) is 6.58. The number of rotatable bonds is 3. The van der Waals surface area contributed by atoms with Crippen molar-refractivity contribution in [3.8, 4) is 0 Å². The molecular weight excluding hydrogens is 308 g/mol. The number of hydrogen-bond acceptors (Lipinski definition) is 2. The largest absolute Gasteiger partial charge is 0.349 e. The maximum absolute atomic E-state index is 6.58. The molecule has 0 N–H and O–H groups in total. The standard InChI is InChI=1S/C22H22N2O/c1-16(17-9-4-2-5-10-17)24-21-19(15-23-14-8-13-20(21)23)22(25-24)18-11-6-3-7-12-18/h2-14,16,19,21-22H,15H2,1H3/t16-,19+,21+,22-/m1/s1. The van der Waals surface area contributed by atoms with E-state index in [0.29, 0.717) is 12.0 Å². The number of aromatic nitrogens is 1. The minimum atomic E-state index is 0.109. The van der Waals surface area contributed by atoms with Crippen molar-refractivity contribution in [2.75, 3.05) is 0 Å². The SMILES string of the molecule is C[C@H](c1ccccc1)N1O[C@H](c2ccccc2)[C@H]2Cn3cccc3[C@H]21. The second-order valence-corrected chi connectivity index (χ2v) is 7.08. The van der Waals surface area contributed by atoms with Crippen molar-refractivity contribution in [2.45, 2.75) is 31.7 Å². The third kappa shape index (κ3) is 2.35. The van der Waals surface area contributed by atoms with E-state index in [1.807, 2.05) is 0 Å². The van der Waals surface area contributed by atoms with Gasteiger partial charge in [-0.05, 0) is 30.2 Å². The molecule has 126 valence electrons. The van der Waals surface area contributed by atoms with Gasteiger partial charge >= 0.3 is 0 Å². The Morgan fingerprint density at radius 3 is 2.40 bits per heavy atom. The molecule has 2 aliphatic rings. The van der Waals surface area contributed by atoms with E-state index in [0.717, 1.165) is 6.54 Å². The molecule has 25 heavy (non-hydrogen) atoms. The molecule has 1 saturated heterocycles. The summed E-state index contributed by atoms with van der Waals surface area (Å²) < 4.78 is 2.39. The summed E-state index contributed by atoms with van der Waals surface area (Å²) in [7, 11) is 0. The molecule has 0 amide bonds. The lowest BCUT2D eigenvalue weighted by atomic mass is 9.90. The molecule has 2 aliphatic heterocycles. The van der Waals surface area contributed by atoms with Gasteiger partial charge in [0.05, 0.1) is 12.1 Å². The normalized spacial score (nSPS) is 26.4. The Balaban J connectivity index is 1.55. The Bertz CT molecular complexity index is 858. The summed E-state index contributed by atoms with van der Waals surface area (Å²) in [6.45, 7) is 3.26. The number of benzene rings is 2. The van der Waals surface area contributed by atoms with Crippen LogP contribution in [0.15, 0.2) is 79.0 Å². The van der Waals surface area contributed by atoms with Crippen LogP contribution in [0, 0.1) is 5.92 Å². The molecule has 3 heteroatoms. The summed E-state index contributed by atoms with van der Waals surface area (Å²) >= 11 is 0. The highest BCUT2D eigenvalue weighted by atomic mass is 16.7. The fourth-order valence-corrected chi connectivity index (χ4v) is 4.43. The van der Waals surface area contributed by atoms with Crippen molar-refractivity contribution >= 4 is 0 Å². The Hall–Kier alpha value is -2.36. The monoisotopic (exact) mass is 330 g/mol. The predicted molar refractivity (Wildman–Crippen MR) is 97.6 cm³/mol. The molecule has 0 saturated carbocycles. The van der Waals surface area contributed by atoms with Crippen molar-refractivity contribution in [1.82, 2.24) is 9.63 Å². The highest BCUT2D eigenvalue weighted by molar-refractivity contribution is 5.27. The van der Waals surface area contributed by atoms with E-state index in [2.05, 4.69) is 95.5 Å². The second kappa shape index (κ2) is 5.87. The van der Waals surface area contributed by atoms with E-state index in [1.54, 1.807) is 0 Å². The van der Waals surface area contributed by atoms with E-state index < -0.39 is 0 Å². The van der Waals surface area contributed by atoms with Crippen LogP contribution in [0.3, 0.4) is 0 Å². The highest BCUT2D eigenvalue weighted by Gasteiger charge is 2.51. The molecule has 1 fully saturated rings. The van der Waals surface area contributed by atoms with Crippen molar-refractivity contribution in [3.63, 3.8) is 0 Å². The molecule has 0 unspecified atom stereocenters. The van der Waals surface area contributed by atoms with Crippen LogP contribution in [-0.2, 0) is 11.4 Å². The van der Waals surface area contributed by atoms with Crippen LogP contribution in [0.1, 0.15) is 41.9 Å². The molecule has 0 radical (unpaired) electrons. The molecule has 1 aromatic heterocycles. The van der Waals surface area contributed by atoms with E-state index in [9.17, 15) is 0 Å². The van der Waals surface area contributed by atoms with Crippen LogP contribution >= 0.6 is 0 Å². The fourth-order valence-electron chi connectivity index (χ4n) is 4.43. The molecule has 0 aliphatic carbocycles. The zero-order chi connectivity index (χ0) is 16.8. The van der Waals surface area contributed by atoms with Gasteiger partial charge in [-0.2, -0.15) is 5.06 Å². The second-order valence-electron chi connectivity index (χ2n) is 7.08. The number of fused-ring (bicyclic) bond motifs is 3. The van der Waals surface area contributed by atoms with Gasteiger partial charge in [0.1, 0.15) is 6.10 Å². The van der Waals surface area contributed by atoms with Crippen LogP contribution < -0.4 is 0 Å². The first-order chi connectivity index (χ1) is 12.3. The van der Waals surface area contributed by atoms with Gasteiger partial charge in [-0.3, -0.25) is 4.84 Å². The Morgan fingerprint density at radius 2 is 1.64 bits per heavy atom. The Morgan fingerprint density at radius 1 is 0.920 bits per heavy atom. The molecule has 2 aromatic carbocycles. The minimum absolute atomic E-state index is 0.109. The first-order valence-electron chi connectivity index (χ1n) is 9.03. The van der Waals surface area contributed by atoms with Crippen LogP contribution in [0.4, 0.5) is 0 Å². The van der Waals surface area contributed by atoms with Crippen molar-refractivity contribution in [1.29, 1.82) is 0 Å². The Labute approximate surface area is 148 Å². The van der Waals surface area contributed by atoms with Crippen molar-refractivity contribution < 1.29 is 4.84 Å². The topological polar surface area (TPSA) is 17.4 Å². The predicted octanol–water partition coefficient (Wildman–Crippen LogP) is 4.91. The molecule has 3 aromatic rings. The van der Waals surface area contributed by atoms with E-state index >= 15 is 0 Å². The zero-order valence-electron chi connectivity index (χ0n) is 14.3. The molecule has 3 nitrogen and oxygen atoms in total. The summed E-state index contributed by atoms with van der Waals surface area (Å²) in [5.74, 6) is 0.449. The van der Waals surface area contributed by atoms with Crippen LogP contribution in [0.5, 0.6) is 0 Å². The van der Waals surface area contributed by atoms with Crippen molar-refractivity contribution in [3.05, 3.63) is 95.8 Å². The third-order valence-corrected chi connectivity index (χ3v) is 5.67. The lowest BCUT2D eigenvalue weighted by Gasteiger charge is -2.28. The van der Waals surface area contributed by atoms with E-state index in [1.165, 1.54) is 16.8 Å². The van der Waals surface area contributed by atoms with E-state index in [-0.39, 0.29) is 12.1 Å². The average molecular weight is 330 g/mol. The first kappa shape index (κ1) is 14.9. The van der Waals surface area contributed by atoms with Crippen LogP contribution in [0.2, 0.25) is 0 Å². The van der Waals surface area contributed by atoms with E-state index in [4.69, 9.17) is 4.84 Å². The highest BCUT2D eigenvalue weighted by Crippen LogP contribution is 2.53. The summed E-state index contributed by atoms with van der Waals surface area (Å²) in [5, 5.41) is 2.23. The van der Waals surface area contributed by atoms with Gasteiger partial charge in [-0.25, -0.2) is 0 Å². The number of hydroxylamine groups is 2. The average Bonchev–Trinajstić information content (AvgIpc) is 3.34. The molecule has 0 spiro atoms. The molecule has 3 heterocycles. The molecule has 4 atom stereocenters. The summed E-state index contributed by atoms with van der Waals surface area (Å²) in [5.41, 5.74) is 3.93. The van der Waals surface area contributed by atoms with Gasteiger partial charge in [0, 0.05) is 24.4 Å². The van der Waals surface area contributed by atoms with Gasteiger partial charge in [-0.1, -0.05) is 60.7 Å². The van der Waals surface area contributed by atoms with Gasteiger partial charge in [0.25, 0.3) is 0 Å². The third-order valence-electron chi connectivity index (χ3n) is 5.67. The van der Waals surface area contributed by atoms with Gasteiger partial charge in [0.2, 0.25) is 0 Å². The molecule has 5 rings (SSSR count). The number of hydrogen-bond donors (Lipinski definition) is 0.